The number of carbonyl (C=O) groups excluding carboxylic acids is 1. The van der Waals surface area contributed by atoms with Crippen LogP contribution in [0.25, 0.3) is 0 Å². The fourth-order valence-electron chi connectivity index (χ4n) is 1.95. The molecule has 106 valence electrons. The second-order valence-electron chi connectivity index (χ2n) is 4.88. The number of imidazole rings is 1. The van der Waals surface area contributed by atoms with Crippen molar-refractivity contribution in [2.45, 2.75) is 26.4 Å². The van der Waals surface area contributed by atoms with Gasteiger partial charge in [0.2, 0.25) is 5.91 Å². The molecule has 2 N–H and O–H groups in total. The van der Waals surface area contributed by atoms with Crippen molar-refractivity contribution < 1.29 is 9.18 Å². The van der Waals surface area contributed by atoms with Crippen molar-refractivity contribution in [1.29, 1.82) is 0 Å². The summed E-state index contributed by atoms with van der Waals surface area (Å²) in [6, 6.07) is 4.05. The highest BCUT2D eigenvalue weighted by Crippen LogP contribution is 2.11. The van der Waals surface area contributed by atoms with Crippen LogP contribution in [0.1, 0.15) is 35.8 Å². The molecular weight excluding hydrogens is 261 g/mol. The molecule has 0 aliphatic rings. The van der Waals surface area contributed by atoms with E-state index < -0.39 is 11.7 Å². The Morgan fingerprint density at radius 3 is 2.55 bits per heavy atom. The maximum absolute atomic E-state index is 13.9. The summed E-state index contributed by atoms with van der Waals surface area (Å²) >= 11 is 0. The van der Waals surface area contributed by atoms with Gasteiger partial charge in [-0.05, 0) is 26.0 Å². The third kappa shape index (κ3) is 2.64. The smallest absolute Gasteiger partial charge is 0.328 e. The van der Waals surface area contributed by atoms with E-state index in [9.17, 15) is 14.0 Å². The van der Waals surface area contributed by atoms with Crippen LogP contribution in [0, 0.1) is 5.82 Å². The predicted octanol–water partition coefficient (Wildman–Crippen LogP) is 1.52. The monoisotopic (exact) mass is 277 g/mol. The normalized spacial score (nSPS) is 11.0. The molecule has 0 radical (unpaired) electrons. The van der Waals surface area contributed by atoms with E-state index in [1.165, 1.54) is 16.7 Å². The van der Waals surface area contributed by atoms with Crippen molar-refractivity contribution in [3.8, 4) is 0 Å². The molecule has 1 aromatic carbocycles. The van der Waals surface area contributed by atoms with Crippen molar-refractivity contribution in [2.75, 3.05) is 0 Å². The van der Waals surface area contributed by atoms with Gasteiger partial charge in [0, 0.05) is 29.6 Å². The number of carbonyl (C=O) groups is 1. The quantitative estimate of drug-likeness (QED) is 0.920. The lowest BCUT2D eigenvalue weighted by Crippen LogP contribution is -2.25. The van der Waals surface area contributed by atoms with Crippen molar-refractivity contribution >= 4 is 5.91 Å². The van der Waals surface area contributed by atoms with Crippen molar-refractivity contribution in [2.24, 2.45) is 5.73 Å². The van der Waals surface area contributed by atoms with Gasteiger partial charge in [-0.1, -0.05) is 6.07 Å². The molecule has 20 heavy (non-hydrogen) atoms. The summed E-state index contributed by atoms with van der Waals surface area (Å²) in [5, 5.41) is 0. The van der Waals surface area contributed by atoms with Gasteiger partial charge in [0.15, 0.2) is 0 Å². The van der Waals surface area contributed by atoms with Gasteiger partial charge in [-0.25, -0.2) is 9.18 Å². The van der Waals surface area contributed by atoms with E-state index in [4.69, 9.17) is 5.73 Å². The van der Waals surface area contributed by atoms with Gasteiger partial charge in [-0.3, -0.25) is 13.9 Å². The maximum Gasteiger partial charge on any atom is 0.328 e. The Kier molecular flexibility index (Phi) is 3.74. The number of halogens is 1. The Morgan fingerprint density at radius 2 is 2.05 bits per heavy atom. The number of benzene rings is 1. The van der Waals surface area contributed by atoms with Crippen LogP contribution in [0.3, 0.4) is 0 Å². The standard InChI is InChI=1S/C14H16FN3O2/c1-9(2)18-6-5-17(14(18)20)8-11-4-3-10(13(16)19)7-12(11)15/h3-7,9H,8H2,1-2H3,(H2,16,19). The Labute approximate surface area is 115 Å². The van der Waals surface area contributed by atoms with E-state index in [-0.39, 0.29) is 23.8 Å². The molecule has 0 saturated heterocycles. The summed E-state index contributed by atoms with van der Waals surface area (Å²) < 4.78 is 16.8. The van der Waals surface area contributed by atoms with Crippen LogP contribution in [-0.2, 0) is 6.54 Å². The zero-order chi connectivity index (χ0) is 14.9. The summed E-state index contributed by atoms with van der Waals surface area (Å²) in [7, 11) is 0. The highest BCUT2D eigenvalue weighted by Gasteiger charge is 2.10. The van der Waals surface area contributed by atoms with Gasteiger partial charge < -0.3 is 5.73 Å². The summed E-state index contributed by atoms with van der Waals surface area (Å²) in [6.07, 6.45) is 3.28. The number of nitrogens with two attached hydrogens (primary N) is 1. The third-order valence-electron chi connectivity index (χ3n) is 3.11. The average molecular weight is 277 g/mol. The lowest BCUT2D eigenvalue weighted by molar-refractivity contribution is 0.1000. The molecule has 2 aromatic rings. The second-order valence-corrected chi connectivity index (χ2v) is 4.88. The average Bonchev–Trinajstić information content (AvgIpc) is 2.73. The number of amides is 1. The third-order valence-corrected chi connectivity index (χ3v) is 3.11. The Morgan fingerprint density at radius 1 is 1.35 bits per heavy atom. The molecule has 0 aliphatic carbocycles. The van der Waals surface area contributed by atoms with Crippen LogP contribution in [0.5, 0.6) is 0 Å². The fraction of sp³-hybridized carbons (Fsp3) is 0.286. The lowest BCUT2D eigenvalue weighted by Gasteiger charge is -2.06. The second kappa shape index (κ2) is 5.32. The Bertz CT molecular complexity index is 701. The van der Waals surface area contributed by atoms with Gasteiger partial charge in [0.05, 0.1) is 6.54 Å². The highest BCUT2D eigenvalue weighted by atomic mass is 19.1. The number of hydrogen-bond acceptors (Lipinski definition) is 2. The molecule has 0 aliphatic heterocycles. The zero-order valence-electron chi connectivity index (χ0n) is 11.3. The van der Waals surface area contributed by atoms with Gasteiger partial charge >= 0.3 is 5.69 Å². The number of primary amides is 1. The first-order valence-electron chi connectivity index (χ1n) is 6.25. The highest BCUT2D eigenvalue weighted by molar-refractivity contribution is 5.92. The zero-order valence-corrected chi connectivity index (χ0v) is 11.3. The molecule has 1 amide bonds. The van der Waals surface area contributed by atoms with E-state index in [2.05, 4.69) is 0 Å². The lowest BCUT2D eigenvalue weighted by atomic mass is 10.1. The molecule has 1 heterocycles. The van der Waals surface area contributed by atoms with Gasteiger partial charge in [0.25, 0.3) is 0 Å². The Hall–Kier alpha value is -2.37. The first-order valence-corrected chi connectivity index (χ1v) is 6.25. The van der Waals surface area contributed by atoms with Crippen molar-refractivity contribution in [1.82, 2.24) is 9.13 Å². The predicted molar refractivity (Wildman–Crippen MR) is 73.1 cm³/mol. The Balaban J connectivity index is 2.31. The first-order chi connectivity index (χ1) is 9.40. The maximum atomic E-state index is 13.9. The van der Waals surface area contributed by atoms with Gasteiger partial charge in [-0.2, -0.15) is 0 Å². The largest absolute Gasteiger partial charge is 0.366 e. The molecule has 0 spiro atoms. The van der Waals surface area contributed by atoms with Crippen LogP contribution < -0.4 is 11.4 Å². The van der Waals surface area contributed by atoms with E-state index in [1.54, 1.807) is 17.0 Å². The van der Waals surface area contributed by atoms with Crippen LogP contribution in [0.15, 0.2) is 35.4 Å². The summed E-state index contributed by atoms with van der Waals surface area (Å²) in [5.74, 6) is -1.23. The minimum Gasteiger partial charge on any atom is -0.366 e. The van der Waals surface area contributed by atoms with Gasteiger partial charge in [0.1, 0.15) is 5.82 Å². The van der Waals surface area contributed by atoms with E-state index in [0.717, 1.165) is 6.07 Å². The summed E-state index contributed by atoms with van der Waals surface area (Å²) in [6.45, 7) is 3.91. The van der Waals surface area contributed by atoms with Crippen LogP contribution in [0.2, 0.25) is 0 Å². The summed E-state index contributed by atoms with van der Waals surface area (Å²) in [5.41, 5.74) is 5.33. The minimum atomic E-state index is -0.682. The number of hydrogen-bond donors (Lipinski definition) is 1. The molecule has 2 rings (SSSR count). The van der Waals surface area contributed by atoms with Crippen molar-refractivity contribution in [3.05, 3.63) is 58.0 Å². The molecule has 0 fully saturated rings. The molecular formula is C14H16FN3O2. The molecule has 5 nitrogen and oxygen atoms in total. The van der Waals surface area contributed by atoms with Crippen LogP contribution >= 0.6 is 0 Å². The fourth-order valence-corrected chi connectivity index (χ4v) is 1.95. The van der Waals surface area contributed by atoms with E-state index in [1.807, 2.05) is 13.8 Å². The topological polar surface area (TPSA) is 70.0 Å². The molecule has 0 saturated carbocycles. The molecule has 6 heteroatoms. The molecule has 1 aromatic heterocycles. The SMILES string of the molecule is CC(C)n1ccn(Cc2ccc(C(N)=O)cc2F)c1=O. The number of nitrogens with zero attached hydrogens (tertiary/aromatic N) is 2. The molecule has 0 bridgehead atoms. The van der Waals surface area contributed by atoms with E-state index >= 15 is 0 Å². The summed E-state index contributed by atoms with van der Waals surface area (Å²) in [4.78, 5) is 23.0. The van der Waals surface area contributed by atoms with Crippen LogP contribution in [0.4, 0.5) is 4.39 Å². The van der Waals surface area contributed by atoms with Gasteiger partial charge in [-0.15, -0.1) is 0 Å². The van der Waals surface area contributed by atoms with Crippen LogP contribution in [-0.4, -0.2) is 15.0 Å². The molecule has 0 atom stereocenters. The first kappa shape index (κ1) is 14.0. The van der Waals surface area contributed by atoms with Crippen molar-refractivity contribution in [3.63, 3.8) is 0 Å². The van der Waals surface area contributed by atoms with E-state index in [0.29, 0.717) is 5.56 Å². The number of rotatable bonds is 4. The molecule has 0 unspecified atom stereocenters. The number of aromatic nitrogens is 2. The minimum absolute atomic E-state index is 0.0471.